The highest BCUT2D eigenvalue weighted by molar-refractivity contribution is 8.15. The fourth-order valence-corrected chi connectivity index (χ4v) is 6.48. The van der Waals surface area contributed by atoms with Gasteiger partial charge < -0.3 is 15.0 Å². The standard InChI is InChI=1S/C22H24N4O4S2/c27-21(23-15-19(16-4-2-1-3-5-16)25-8-11-30-12-9-25)17-6-7-18-20(14-17)31-22-24-32(28,29)13-10-26(18)22/h1-7,14,19H,8-13,15H2,(H,23,27). The van der Waals surface area contributed by atoms with Crippen LogP contribution in [0.1, 0.15) is 22.0 Å². The number of sulfonamides is 1. The molecule has 8 nitrogen and oxygen atoms in total. The minimum Gasteiger partial charge on any atom is -0.379 e. The van der Waals surface area contributed by atoms with Gasteiger partial charge in [0.1, 0.15) is 0 Å². The van der Waals surface area contributed by atoms with Gasteiger partial charge in [0.15, 0.2) is 5.17 Å². The topological polar surface area (TPSA) is 91.3 Å². The number of rotatable bonds is 5. The van der Waals surface area contributed by atoms with E-state index in [2.05, 4.69) is 26.7 Å². The van der Waals surface area contributed by atoms with Gasteiger partial charge >= 0.3 is 0 Å². The average molecular weight is 473 g/mol. The highest BCUT2D eigenvalue weighted by Gasteiger charge is 2.33. The van der Waals surface area contributed by atoms with Crippen LogP contribution in [0.5, 0.6) is 0 Å². The highest BCUT2D eigenvalue weighted by Crippen LogP contribution is 2.42. The van der Waals surface area contributed by atoms with Crippen LogP contribution in [0.4, 0.5) is 5.69 Å². The van der Waals surface area contributed by atoms with Crippen LogP contribution in [0, 0.1) is 0 Å². The second-order valence-electron chi connectivity index (χ2n) is 7.88. The molecule has 1 unspecified atom stereocenters. The first-order chi connectivity index (χ1) is 15.5. The van der Waals surface area contributed by atoms with Gasteiger partial charge in [-0.2, -0.15) is 0 Å². The lowest BCUT2D eigenvalue weighted by Crippen LogP contribution is -2.43. The first-order valence-corrected chi connectivity index (χ1v) is 13.0. The molecule has 1 atom stereocenters. The van der Waals surface area contributed by atoms with Gasteiger partial charge in [-0.3, -0.25) is 9.69 Å². The van der Waals surface area contributed by atoms with Crippen LogP contribution in [-0.4, -0.2) is 69.5 Å². The Hall–Kier alpha value is -2.40. The third kappa shape index (κ3) is 4.40. The molecule has 10 heteroatoms. The molecule has 32 heavy (non-hydrogen) atoms. The third-order valence-electron chi connectivity index (χ3n) is 5.86. The maximum absolute atomic E-state index is 13.0. The second-order valence-corrected chi connectivity index (χ2v) is 10.6. The number of anilines is 1. The molecule has 2 aromatic carbocycles. The summed E-state index contributed by atoms with van der Waals surface area (Å²) in [7, 11) is -3.40. The van der Waals surface area contributed by atoms with Gasteiger partial charge in [-0.15, -0.1) is 4.40 Å². The van der Waals surface area contributed by atoms with E-state index in [9.17, 15) is 13.2 Å². The smallest absolute Gasteiger partial charge is 0.257 e. The van der Waals surface area contributed by atoms with Crippen molar-refractivity contribution in [2.24, 2.45) is 4.40 Å². The Morgan fingerprint density at radius 3 is 2.69 bits per heavy atom. The monoisotopic (exact) mass is 472 g/mol. The van der Waals surface area contributed by atoms with Gasteiger partial charge in [0.2, 0.25) is 0 Å². The fourth-order valence-electron chi connectivity index (χ4n) is 4.19. The van der Waals surface area contributed by atoms with E-state index in [1.807, 2.05) is 35.2 Å². The summed E-state index contributed by atoms with van der Waals surface area (Å²) in [5.74, 6) is -0.150. The molecule has 5 rings (SSSR count). The Balaban J connectivity index is 1.31. The van der Waals surface area contributed by atoms with Crippen molar-refractivity contribution in [2.45, 2.75) is 10.9 Å². The van der Waals surface area contributed by atoms with Crippen molar-refractivity contribution in [1.29, 1.82) is 0 Å². The highest BCUT2D eigenvalue weighted by atomic mass is 32.2. The summed E-state index contributed by atoms with van der Waals surface area (Å²) >= 11 is 1.29. The predicted molar refractivity (Wildman–Crippen MR) is 125 cm³/mol. The zero-order valence-corrected chi connectivity index (χ0v) is 19.1. The van der Waals surface area contributed by atoms with E-state index in [-0.39, 0.29) is 17.7 Å². The van der Waals surface area contributed by atoms with Crippen LogP contribution >= 0.6 is 11.8 Å². The number of carbonyl (C=O) groups excluding carboxylic acids is 1. The van der Waals surface area contributed by atoms with Crippen LogP contribution < -0.4 is 10.2 Å². The van der Waals surface area contributed by atoms with Crippen LogP contribution in [0.15, 0.2) is 57.8 Å². The normalized spacial score (nSPS) is 20.8. The van der Waals surface area contributed by atoms with Crippen LogP contribution in [0.3, 0.4) is 0 Å². The summed E-state index contributed by atoms with van der Waals surface area (Å²) in [6, 6.07) is 15.7. The lowest BCUT2D eigenvalue weighted by Gasteiger charge is -2.35. The molecule has 1 saturated heterocycles. The lowest BCUT2D eigenvalue weighted by atomic mass is 10.0. The van der Waals surface area contributed by atoms with Gasteiger partial charge in [-0.1, -0.05) is 30.3 Å². The SMILES string of the molecule is O=C(NCC(c1ccccc1)N1CCOCC1)c1ccc2c(c1)SC1=NS(=O)(=O)CCN12. The number of carbonyl (C=O) groups is 1. The molecular weight excluding hydrogens is 448 g/mol. The van der Waals surface area contributed by atoms with Gasteiger partial charge in [0, 0.05) is 36.6 Å². The number of amidine groups is 1. The van der Waals surface area contributed by atoms with Crippen LogP contribution in [0.25, 0.3) is 0 Å². The van der Waals surface area contributed by atoms with Gasteiger partial charge in [-0.05, 0) is 35.5 Å². The van der Waals surface area contributed by atoms with E-state index >= 15 is 0 Å². The Morgan fingerprint density at radius 1 is 1.12 bits per heavy atom. The zero-order valence-electron chi connectivity index (χ0n) is 17.4. The van der Waals surface area contributed by atoms with Crippen molar-refractivity contribution in [2.75, 3.05) is 50.0 Å². The molecule has 1 amide bonds. The van der Waals surface area contributed by atoms with E-state index in [4.69, 9.17) is 4.74 Å². The van der Waals surface area contributed by atoms with Crippen molar-refractivity contribution in [3.05, 3.63) is 59.7 Å². The number of fused-ring (bicyclic) bond motifs is 3. The molecule has 0 aromatic heterocycles. The molecule has 3 aliphatic rings. The van der Waals surface area contributed by atoms with Crippen molar-refractivity contribution in [3.63, 3.8) is 0 Å². The minimum absolute atomic E-state index is 0.00114. The molecule has 168 valence electrons. The van der Waals surface area contributed by atoms with E-state index in [1.54, 1.807) is 6.07 Å². The molecule has 1 fully saturated rings. The van der Waals surface area contributed by atoms with Gasteiger partial charge in [-0.25, -0.2) is 8.42 Å². The summed E-state index contributed by atoms with van der Waals surface area (Å²) in [5.41, 5.74) is 2.61. The molecule has 0 bridgehead atoms. The summed E-state index contributed by atoms with van der Waals surface area (Å²) in [5, 5.41) is 3.55. The van der Waals surface area contributed by atoms with Crippen molar-refractivity contribution >= 4 is 38.5 Å². The summed E-state index contributed by atoms with van der Waals surface area (Å²) in [4.78, 5) is 18.1. The van der Waals surface area contributed by atoms with E-state index in [0.29, 0.717) is 37.0 Å². The molecule has 2 aromatic rings. The Labute approximate surface area is 191 Å². The van der Waals surface area contributed by atoms with Gasteiger partial charge in [0.25, 0.3) is 15.9 Å². The minimum atomic E-state index is -3.40. The Kier molecular flexibility index (Phi) is 5.93. The first-order valence-electron chi connectivity index (χ1n) is 10.6. The number of morpholine rings is 1. The Bertz CT molecular complexity index is 1150. The second kappa shape index (κ2) is 8.86. The molecule has 3 heterocycles. The number of thioether (sulfide) groups is 1. The third-order valence-corrected chi connectivity index (χ3v) is 8.17. The largest absolute Gasteiger partial charge is 0.379 e. The zero-order chi connectivity index (χ0) is 22.1. The quantitative estimate of drug-likeness (QED) is 0.713. The molecule has 1 N–H and O–H groups in total. The molecule has 0 radical (unpaired) electrons. The van der Waals surface area contributed by atoms with Crippen molar-refractivity contribution < 1.29 is 17.9 Å². The summed E-state index contributed by atoms with van der Waals surface area (Å²) in [6.45, 7) is 3.90. The number of amides is 1. The molecule has 0 spiro atoms. The lowest BCUT2D eigenvalue weighted by molar-refractivity contribution is 0.0162. The number of hydrogen-bond donors (Lipinski definition) is 1. The number of nitrogens with zero attached hydrogens (tertiary/aromatic N) is 3. The number of benzene rings is 2. The number of nitrogens with one attached hydrogen (secondary N) is 1. The van der Waals surface area contributed by atoms with Crippen LogP contribution in [-0.2, 0) is 14.8 Å². The van der Waals surface area contributed by atoms with E-state index < -0.39 is 10.0 Å². The fraction of sp³-hybridized carbons (Fsp3) is 0.364. The molecule has 0 saturated carbocycles. The van der Waals surface area contributed by atoms with Crippen molar-refractivity contribution in [1.82, 2.24) is 10.2 Å². The van der Waals surface area contributed by atoms with Crippen LogP contribution in [0.2, 0.25) is 0 Å². The van der Waals surface area contributed by atoms with Crippen molar-refractivity contribution in [3.8, 4) is 0 Å². The molecule has 0 aliphatic carbocycles. The van der Waals surface area contributed by atoms with E-state index in [0.717, 1.165) is 29.2 Å². The predicted octanol–water partition coefficient (Wildman–Crippen LogP) is 2.10. The maximum atomic E-state index is 13.0. The summed E-state index contributed by atoms with van der Waals surface area (Å²) < 4.78 is 33.0. The Morgan fingerprint density at radius 2 is 1.91 bits per heavy atom. The maximum Gasteiger partial charge on any atom is 0.257 e. The summed E-state index contributed by atoms with van der Waals surface area (Å²) in [6.07, 6.45) is 0. The van der Waals surface area contributed by atoms with Gasteiger partial charge in [0.05, 0.1) is 30.7 Å². The van der Waals surface area contributed by atoms with E-state index in [1.165, 1.54) is 11.8 Å². The average Bonchev–Trinajstić information content (AvgIpc) is 3.16. The molecular formula is C22H24N4O4S2. The molecule has 3 aliphatic heterocycles. The number of ether oxygens (including phenoxy) is 1. The number of hydrogen-bond acceptors (Lipinski definition) is 7. The first kappa shape index (κ1) is 21.4.